The van der Waals surface area contributed by atoms with Crippen molar-refractivity contribution >= 4 is 34.3 Å². The summed E-state index contributed by atoms with van der Waals surface area (Å²) in [6, 6.07) is 12.0. The van der Waals surface area contributed by atoms with Crippen LogP contribution in [0.1, 0.15) is 13.3 Å². The third kappa shape index (κ3) is 2.85. The number of carbonyl (C=O) groups excluding carboxylic acids is 1. The van der Waals surface area contributed by atoms with Crippen molar-refractivity contribution in [2.75, 3.05) is 12.4 Å². The van der Waals surface area contributed by atoms with Crippen LogP contribution >= 0.6 is 11.8 Å². The number of aromatic nitrogens is 3. The first-order valence-electron chi connectivity index (χ1n) is 6.81. The van der Waals surface area contributed by atoms with E-state index in [4.69, 9.17) is 4.74 Å². The largest absolute Gasteiger partial charge is 0.465 e. The highest BCUT2D eigenvalue weighted by Crippen LogP contribution is 2.23. The van der Waals surface area contributed by atoms with Gasteiger partial charge in [-0.1, -0.05) is 36.9 Å². The molecule has 3 aromatic rings. The first-order valence-corrected chi connectivity index (χ1v) is 7.79. The Morgan fingerprint density at radius 1 is 1.24 bits per heavy atom. The number of hydrogen-bond acceptors (Lipinski definition) is 5. The number of pyridine rings is 1. The van der Waals surface area contributed by atoms with Gasteiger partial charge in [0.1, 0.15) is 0 Å². The fourth-order valence-electron chi connectivity index (χ4n) is 2.09. The predicted octanol–water partition coefficient (Wildman–Crippen LogP) is 2.93. The third-order valence-corrected chi connectivity index (χ3v) is 3.94. The third-order valence-electron chi connectivity index (χ3n) is 3.03. The van der Waals surface area contributed by atoms with Crippen LogP contribution in [-0.2, 0) is 9.53 Å². The standard InChI is InChI=1S/C15H15N3O2S/c1-2-9-20-14(19)10-21-15-17-16-13-8-7-11-5-3-4-6-12(11)18(13)15/h3-8H,2,9-10H2,1H3. The summed E-state index contributed by atoms with van der Waals surface area (Å²) in [6.07, 6.45) is 0.828. The van der Waals surface area contributed by atoms with Gasteiger partial charge in [-0.3, -0.25) is 9.20 Å². The molecule has 0 aliphatic heterocycles. The number of para-hydroxylation sites is 1. The summed E-state index contributed by atoms with van der Waals surface area (Å²) in [5.74, 6) is 0.0168. The van der Waals surface area contributed by atoms with Crippen LogP contribution in [-0.4, -0.2) is 32.9 Å². The first kappa shape index (κ1) is 13.9. The molecule has 0 N–H and O–H groups in total. The van der Waals surface area contributed by atoms with E-state index in [2.05, 4.69) is 10.2 Å². The molecular weight excluding hydrogens is 286 g/mol. The van der Waals surface area contributed by atoms with E-state index in [1.807, 2.05) is 47.7 Å². The fourth-order valence-corrected chi connectivity index (χ4v) is 2.84. The van der Waals surface area contributed by atoms with Crippen LogP contribution in [0.3, 0.4) is 0 Å². The van der Waals surface area contributed by atoms with Crippen LogP contribution in [0, 0.1) is 0 Å². The second-order valence-electron chi connectivity index (χ2n) is 4.58. The van der Waals surface area contributed by atoms with Gasteiger partial charge in [-0.05, 0) is 30.0 Å². The van der Waals surface area contributed by atoms with E-state index in [0.717, 1.165) is 23.0 Å². The Labute approximate surface area is 126 Å². The topological polar surface area (TPSA) is 56.5 Å². The van der Waals surface area contributed by atoms with Gasteiger partial charge >= 0.3 is 5.97 Å². The first-order chi connectivity index (χ1) is 10.3. The molecule has 0 aliphatic carbocycles. The number of hydrogen-bond donors (Lipinski definition) is 0. The second-order valence-corrected chi connectivity index (χ2v) is 5.52. The smallest absolute Gasteiger partial charge is 0.316 e. The molecule has 108 valence electrons. The lowest BCUT2D eigenvalue weighted by atomic mass is 10.2. The summed E-state index contributed by atoms with van der Waals surface area (Å²) in [4.78, 5) is 11.6. The number of carbonyl (C=O) groups is 1. The molecule has 0 saturated heterocycles. The molecule has 6 heteroatoms. The number of benzene rings is 1. The molecule has 0 saturated carbocycles. The molecule has 0 atom stereocenters. The lowest BCUT2D eigenvalue weighted by molar-refractivity contribution is -0.140. The average molecular weight is 301 g/mol. The van der Waals surface area contributed by atoms with Gasteiger partial charge in [0.25, 0.3) is 0 Å². The van der Waals surface area contributed by atoms with Crippen molar-refractivity contribution < 1.29 is 9.53 Å². The van der Waals surface area contributed by atoms with Gasteiger partial charge in [-0.2, -0.15) is 0 Å². The molecule has 21 heavy (non-hydrogen) atoms. The summed E-state index contributed by atoms with van der Waals surface area (Å²) < 4.78 is 7.04. The Morgan fingerprint density at radius 2 is 2.10 bits per heavy atom. The van der Waals surface area contributed by atoms with Crippen molar-refractivity contribution in [3.63, 3.8) is 0 Å². The predicted molar refractivity (Wildman–Crippen MR) is 82.5 cm³/mol. The van der Waals surface area contributed by atoms with Crippen LogP contribution in [0.4, 0.5) is 0 Å². The molecule has 0 aliphatic rings. The maximum atomic E-state index is 11.6. The van der Waals surface area contributed by atoms with Crippen molar-refractivity contribution in [1.29, 1.82) is 0 Å². The van der Waals surface area contributed by atoms with Gasteiger partial charge in [-0.25, -0.2) is 0 Å². The molecule has 2 heterocycles. The van der Waals surface area contributed by atoms with E-state index in [9.17, 15) is 4.79 Å². The fraction of sp³-hybridized carbons (Fsp3) is 0.267. The average Bonchev–Trinajstić information content (AvgIpc) is 2.94. The maximum Gasteiger partial charge on any atom is 0.316 e. The molecular formula is C15H15N3O2S. The zero-order valence-electron chi connectivity index (χ0n) is 11.7. The molecule has 3 rings (SSSR count). The summed E-state index contributed by atoms with van der Waals surface area (Å²) in [5.41, 5.74) is 1.81. The Bertz CT molecular complexity index is 785. The molecule has 2 aromatic heterocycles. The molecule has 0 radical (unpaired) electrons. The van der Waals surface area contributed by atoms with Crippen molar-refractivity contribution in [3.8, 4) is 0 Å². The Morgan fingerprint density at radius 3 is 2.95 bits per heavy atom. The highest BCUT2D eigenvalue weighted by molar-refractivity contribution is 7.99. The van der Waals surface area contributed by atoms with Crippen molar-refractivity contribution in [2.24, 2.45) is 0 Å². The summed E-state index contributed by atoms with van der Waals surface area (Å²) in [5, 5.41) is 10.1. The summed E-state index contributed by atoms with van der Waals surface area (Å²) >= 11 is 1.34. The summed E-state index contributed by atoms with van der Waals surface area (Å²) in [7, 11) is 0. The zero-order valence-corrected chi connectivity index (χ0v) is 12.5. The number of fused-ring (bicyclic) bond motifs is 3. The molecule has 0 spiro atoms. The van der Waals surface area contributed by atoms with E-state index < -0.39 is 0 Å². The molecule has 0 unspecified atom stereocenters. The Hall–Kier alpha value is -2.08. The second kappa shape index (κ2) is 6.13. The van der Waals surface area contributed by atoms with Crippen LogP contribution in [0.25, 0.3) is 16.6 Å². The van der Waals surface area contributed by atoms with Crippen molar-refractivity contribution in [1.82, 2.24) is 14.6 Å². The molecule has 0 amide bonds. The number of nitrogens with zero attached hydrogens (tertiary/aromatic N) is 3. The van der Waals surface area contributed by atoms with E-state index in [1.165, 1.54) is 11.8 Å². The van der Waals surface area contributed by atoms with Gasteiger partial charge in [0.15, 0.2) is 10.8 Å². The van der Waals surface area contributed by atoms with Crippen molar-refractivity contribution in [2.45, 2.75) is 18.5 Å². The van der Waals surface area contributed by atoms with E-state index in [-0.39, 0.29) is 11.7 Å². The van der Waals surface area contributed by atoms with Crippen molar-refractivity contribution in [3.05, 3.63) is 36.4 Å². The highest BCUT2D eigenvalue weighted by atomic mass is 32.2. The lowest BCUT2D eigenvalue weighted by Gasteiger charge is -2.04. The zero-order chi connectivity index (χ0) is 14.7. The highest BCUT2D eigenvalue weighted by Gasteiger charge is 2.11. The molecule has 0 fully saturated rings. The van der Waals surface area contributed by atoms with Crippen LogP contribution in [0.5, 0.6) is 0 Å². The number of ether oxygens (including phenoxy) is 1. The minimum Gasteiger partial charge on any atom is -0.465 e. The maximum absolute atomic E-state index is 11.6. The molecule has 1 aromatic carbocycles. The number of esters is 1. The molecule has 0 bridgehead atoms. The van der Waals surface area contributed by atoms with Gasteiger partial charge in [-0.15, -0.1) is 10.2 Å². The van der Waals surface area contributed by atoms with Gasteiger partial charge in [0.05, 0.1) is 17.9 Å². The normalized spacial score (nSPS) is 11.1. The van der Waals surface area contributed by atoms with E-state index >= 15 is 0 Å². The lowest BCUT2D eigenvalue weighted by Crippen LogP contribution is -2.08. The van der Waals surface area contributed by atoms with Crippen LogP contribution in [0.2, 0.25) is 0 Å². The van der Waals surface area contributed by atoms with Gasteiger partial charge in [0.2, 0.25) is 0 Å². The molecule has 5 nitrogen and oxygen atoms in total. The Kier molecular flexibility index (Phi) is 4.06. The van der Waals surface area contributed by atoms with Gasteiger partial charge in [0, 0.05) is 0 Å². The van der Waals surface area contributed by atoms with Crippen LogP contribution in [0.15, 0.2) is 41.6 Å². The Balaban J connectivity index is 1.89. The van der Waals surface area contributed by atoms with E-state index in [0.29, 0.717) is 11.8 Å². The van der Waals surface area contributed by atoms with Crippen LogP contribution < -0.4 is 0 Å². The SMILES string of the molecule is CCCOC(=O)CSc1nnc2ccc3ccccc3n12. The number of thioether (sulfide) groups is 1. The number of rotatable bonds is 5. The van der Waals surface area contributed by atoms with E-state index in [1.54, 1.807) is 0 Å². The monoisotopic (exact) mass is 301 g/mol. The quantitative estimate of drug-likeness (QED) is 0.536. The summed E-state index contributed by atoms with van der Waals surface area (Å²) in [6.45, 7) is 2.43. The van der Waals surface area contributed by atoms with Gasteiger partial charge < -0.3 is 4.74 Å². The minimum atomic E-state index is -0.223. The minimum absolute atomic E-state index is 0.223.